The first kappa shape index (κ1) is 10.3. The SMILES string of the molecule is CC(C)Cc1nc(N)c2cccc(Cl)n12. The van der Waals surface area contributed by atoms with Crippen molar-refractivity contribution in [2.24, 2.45) is 5.92 Å². The Bertz CT molecular complexity index is 488. The van der Waals surface area contributed by atoms with Crippen molar-refractivity contribution in [1.82, 2.24) is 9.38 Å². The van der Waals surface area contributed by atoms with Gasteiger partial charge in [0.25, 0.3) is 0 Å². The lowest BCUT2D eigenvalue weighted by Crippen LogP contribution is -2.01. The molecule has 2 rings (SSSR count). The lowest BCUT2D eigenvalue weighted by molar-refractivity contribution is 0.619. The summed E-state index contributed by atoms with van der Waals surface area (Å²) in [6.07, 6.45) is 0.877. The number of anilines is 1. The van der Waals surface area contributed by atoms with Gasteiger partial charge < -0.3 is 5.73 Å². The Morgan fingerprint density at radius 3 is 2.87 bits per heavy atom. The van der Waals surface area contributed by atoms with Gasteiger partial charge in [-0.2, -0.15) is 0 Å². The van der Waals surface area contributed by atoms with E-state index in [1.165, 1.54) is 0 Å². The molecule has 0 aliphatic rings. The molecule has 0 aliphatic heterocycles. The normalized spacial score (nSPS) is 11.5. The average molecular weight is 224 g/mol. The molecule has 0 aliphatic carbocycles. The van der Waals surface area contributed by atoms with Gasteiger partial charge in [0.05, 0.1) is 5.52 Å². The third kappa shape index (κ3) is 1.79. The summed E-state index contributed by atoms with van der Waals surface area (Å²) >= 11 is 6.13. The predicted molar refractivity (Wildman–Crippen MR) is 63.2 cm³/mol. The Balaban J connectivity index is 2.65. The van der Waals surface area contributed by atoms with Crippen molar-refractivity contribution in [3.63, 3.8) is 0 Å². The maximum absolute atomic E-state index is 6.13. The van der Waals surface area contributed by atoms with Crippen LogP contribution >= 0.6 is 11.6 Å². The molecule has 80 valence electrons. The number of imidazole rings is 1. The molecule has 2 N–H and O–H groups in total. The van der Waals surface area contributed by atoms with Crippen molar-refractivity contribution >= 4 is 22.9 Å². The lowest BCUT2D eigenvalue weighted by Gasteiger charge is -2.05. The highest BCUT2D eigenvalue weighted by molar-refractivity contribution is 6.29. The summed E-state index contributed by atoms with van der Waals surface area (Å²) in [7, 11) is 0. The van der Waals surface area contributed by atoms with Gasteiger partial charge in [-0.15, -0.1) is 0 Å². The average Bonchev–Trinajstić information content (AvgIpc) is 2.44. The monoisotopic (exact) mass is 223 g/mol. The standard InChI is InChI=1S/C11H14ClN3/c1-7(2)6-10-14-11(13)8-4-3-5-9(12)15(8)10/h3-5,7H,6,13H2,1-2H3. The molecule has 2 aromatic heterocycles. The first-order valence-electron chi connectivity index (χ1n) is 5.01. The van der Waals surface area contributed by atoms with Gasteiger partial charge in [0, 0.05) is 6.42 Å². The number of rotatable bonds is 2. The maximum atomic E-state index is 6.13. The summed E-state index contributed by atoms with van der Waals surface area (Å²) in [5.74, 6) is 2.02. The quantitative estimate of drug-likeness (QED) is 0.796. The first-order chi connectivity index (χ1) is 7.09. The topological polar surface area (TPSA) is 43.3 Å². The summed E-state index contributed by atoms with van der Waals surface area (Å²) in [5.41, 5.74) is 6.72. The van der Waals surface area contributed by atoms with E-state index in [-0.39, 0.29) is 0 Å². The molecule has 0 spiro atoms. The number of hydrogen-bond acceptors (Lipinski definition) is 2. The number of pyridine rings is 1. The molecule has 2 heterocycles. The minimum absolute atomic E-state index is 0.534. The zero-order valence-corrected chi connectivity index (χ0v) is 9.62. The second-order valence-electron chi connectivity index (χ2n) is 4.08. The smallest absolute Gasteiger partial charge is 0.149 e. The van der Waals surface area contributed by atoms with Crippen molar-refractivity contribution in [1.29, 1.82) is 0 Å². The molecule has 0 unspecified atom stereocenters. The number of nitrogen functional groups attached to an aromatic ring is 1. The van der Waals surface area contributed by atoms with Crippen LogP contribution in [0.15, 0.2) is 18.2 Å². The molecule has 0 radical (unpaired) electrons. The third-order valence-corrected chi connectivity index (χ3v) is 2.60. The van der Waals surface area contributed by atoms with E-state index in [0.29, 0.717) is 16.9 Å². The van der Waals surface area contributed by atoms with Crippen molar-refractivity contribution in [3.8, 4) is 0 Å². The van der Waals surface area contributed by atoms with Crippen LogP contribution in [0.1, 0.15) is 19.7 Å². The van der Waals surface area contributed by atoms with Crippen molar-refractivity contribution in [2.75, 3.05) is 5.73 Å². The molecule has 0 fully saturated rings. The molecule has 4 heteroatoms. The zero-order valence-electron chi connectivity index (χ0n) is 8.87. The second kappa shape index (κ2) is 3.74. The van der Waals surface area contributed by atoms with Crippen LogP contribution in [-0.4, -0.2) is 9.38 Å². The van der Waals surface area contributed by atoms with E-state index in [0.717, 1.165) is 17.8 Å². The minimum atomic E-state index is 0.534. The number of hydrogen-bond donors (Lipinski definition) is 1. The Labute approximate surface area is 93.9 Å². The van der Waals surface area contributed by atoms with Gasteiger partial charge in [-0.3, -0.25) is 4.40 Å². The fourth-order valence-electron chi connectivity index (χ4n) is 1.69. The summed E-state index contributed by atoms with van der Waals surface area (Å²) in [6.45, 7) is 4.29. The van der Waals surface area contributed by atoms with E-state index in [4.69, 9.17) is 17.3 Å². The van der Waals surface area contributed by atoms with Crippen LogP contribution in [0.4, 0.5) is 5.82 Å². The number of halogens is 1. The minimum Gasteiger partial charge on any atom is -0.382 e. The van der Waals surface area contributed by atoms with Gasteiger partial charge in [0.1, 0.15) is 16.8 Å². The molecule has 15 heavy (non-hydrogen) atoms. The number of fused-ring (bicyclic) bond motifs is 1. The summed E-state index contributed by atoms with van der Waals surface area (Å²) in [4.78, 5) is 4.35. The van der Waals surface area contributed by atoms with Crippen LogP contribution in [-0.2, 0) is 6.42 Å². The highest BCUT2D eigenvalue weighted by Gasteiger charge is 2.11. The summed E-state index contributed by atoms with van der Waals surface area (Å²) in [5, 5.41) is 0.660. The van der Waals surface area contributed by atoms with Crippen molar-refractivity contribution < 1.29 is 0 Å². The zero-order chi connectivity index (χ0) is 11.0. The first-order valence-corrected chi connectivity index (χ1v) is 5.38. The predicted octanol–water partition coefficient (Wildman–Crippen LogP) is 2.77. The van der Waals surface area contributed by atoms with Crippen LogP contribution in [0.3, 0.4) is 0 Å². The van der Waals surface area contributed by atoms with Crippen LogP contribution in [0.2, 0.25) is 5.15 Å². The molecule has 0 amide bonds. The molecule has 0 saturated carbocycles. The van der Waals surface area contributed by atoms with E-state index in [9.17, 15) is 0 Å². The van der Waals surface area contributed by atoms with E-state index >= 15 is 0 Å². The lowest BCUT2D eigenvalue weighted by atomic mass is 10.1. The van der Waals surface area contributed by atoms with Gasteiger partial charge in [0.15, 0.2) is 0 Å². The summed E-state index contributed by atoms with van der Waals surface area (Å²) in [6, 6.07) is 5.66. The number of nitrogens with two attached hydrogens (primary N) is 1. The summed E-state index contributed by atoms with van der Waals surface area (Å²) < 4.78 is 1.91. The van der Waals surface area contributed by atoms with Gasteiger partial charge >= 0.3 is 0 Å². The van der Waals surface area contributed by atoms with Crippen LogP contribution in [0, 0.1) is 5.92 Å². The maximum Gasteiger partial charge on any atom is 0.149 e. The Morgan fingerprint density at radius 2 is 2.20 bits per heavy atom. The Hall–Kier alpha value is -1.22. The van der Waals surface area contributed by atoms with E-state index < -0.39 is 0 Å². The molecular formula is C11H14ClN3. The number of nitrogens with zero attached hydrogens (tertiary/aromatic N) is 2. The molecule has 0 atom stereocenters. The van der Waals surface area contributed by atoms with Gasteiger partial charge in [-0.1, -0.05) is 31.5 Å². The van der Waals surface area contributed by atoms with Crippen molar-refractivity contribution in [2.45, 2.75) is 20.3 Å². The molecular weight excluding hydrogens is 210 g/mol. The fourth-order valence-corrected chi connectivity index (χ4v) is 1.95. The van der Waals surface area contributed by atoms with Crippen LogP contribution in [0.25, 0.3) is 5.52 Å². The largest absolute Gasteiger partial charge is 0.382 e. The molecule has 2 aromatic rings. The highest BCUT2D eigenvalue weighted by atomic mass is 35.5. The van der Waals surface area contributed by atoms with Gasteiger partial charge in [-0.25, -0.2) is 4.98 Å². The molecule has 0 saturated heterocycles. The Kier molecular flexibility index (Phi) is 2.57. The molecule has 3 nitrogen and oxygen atoms in total. The van der Waals surface area contributed by atoms with E-state index in [1.54, 1.807) is 0 Å². The van der Waals surface area contributed by atoms with Crippen LogP contribution < -0.4 is 5.73 Å². The molecule has 0 aromatic carbocycles. The highest BCUT2D eigenvalue weighted by Crippen LogP contribution is 2.22. The van der Waals surface area contributed by atoms with E-state index in [2.05, 4.69) is 18.8 Å². The van der Waals surface area contributed by atoms with Crippen molar-refractivity contribution in [3.05, 3.63) is 29.2 Å². The Morgan fingerprint density at radius 1 is 1.47 bits per heavy atom. The fraction of sp³-hybridized carbons (Fsp3) is 0.364. The van der Waals surface area contributed by atoms with Gasteiger partial charge in [0.2, 0.25) is 0 Å². The van der Waals surface area contributed by atoms with Crippen LogP contribution in [0.5, 0.6) is 0 Å². The second-order valence-corrected chi connectivity index (χ2v) is 4.47. The van der Waals surface area contributed by atoms with Gasteiger partial charge in [-0.05, 0) is 18.1 Å². The van der Waals surface area contributed by atoms with E-state index in [1.807, 2.05) is 22.6 Å². The third-order valence-electron chi connectivity index (χ3n) is 2.30. The molecule has 0 bridgehead atoms. The number of aromatic nitrogens is 2.